The molecule has 0 radical (unpaired) electrons. The molecular weight excluding hydrogens is 174 g/mol. The first-order valence-corrected chi connectivity index (χ1v) is 3.87. The molecule has 0 unspecified atom stereocenters. The van der Waals surface area contributed by atoms with Gasteiger partial charge in [0.2, 0.25) is 0 Å². The predicted octanol–water partition coefficient (Wildman–Crippen LogP) is 2.04. The molecule has 0 aliphatic carbocycles. The molecule has 1 nitrogen and oxygen atoms in total. The van der Waals surface area contributed by atoms with E-state index < -0.39 is 0 Å². The minimum absolute atomic E-state index is 0.928. The van der Waals surface area contributed by atoms with Crippen molar-refractivity contribution in [3.05, 3.63) is 16.6 Å². The highest BCUT2D eigenvalue weighted by Gasteiger charge is 1.85. The van der Waals surface area contributed by atoms with Crippen LogP contribution in [-0.4, -0.2) is 4.98 Å². The Labute approximate surface area is 54.5 Å². The number of hydrogen-bond donors (Lipinski definition) is 0. The smallest absolute Gasteiger partial charge is 0.0794 e. The Morgan fingerprint density at radius 1 is 1.86 bits per heavy atom. The molecule has 0 aliphatic heterocycles. The summed E-state index contributed by atoms with van der Waals surface area (Å²) in [4.78, 5) is 5.16. The number of nitrogens with zero attached hydrogens (tertiary/aromatic N) is 1. The Hall–Kier alpha value is 0.110. The van der Waals surface area contributed by atoms with Gasteiger partial charge in [0.25, 0.3) is 0 Å². The van der Waals surface area contributed by atoms with Crippen LogP contribution in [0.5, 0.6) is 0 Å². The molecule has 0 atom stereocenters. The molecule has 1 rings (SSSR count). The third-order valence-corrected chi connectivity index (χ3v) is 2.37. The lowest BCUT2D eigenvalue weighted by molar-refractivity contribution is 1.38. The van der Waals surface area contributed by atoms with Gasteiger partial charge in [0.1, 0.15) is 0 Å². The van der Waals surface area contributed by atoms with Gasteiger partial charge in [-0.1, -0.05) is 15.9 Å². The van der Waals surface area contributed by atoms with Crippen LogP contribution >= 0.6 is 27.3 Å². The van der Waals surface area contributed by atoms with E-state index in [4.69, 9.17) is 0 Å². The lowest BCUT2D eigenvalue weighted by Gasteiger charge is -1.74. The van der Waals surface area contributed by atoms with Crippen LogP contribution in [0.25, 0.3) is 0 Å². The standard InChI is InChI=1S/C4H4BrNS/c5-1-4-2-6-3-7-4/h2-3H,1H2. The van der Waals surface area contributed by atoms with Crippen molar-refractivity contribution in [3.63, 3.8) is 0 Å². The zero-order valence-corrected chi connectivity index (χ0v) is 6.00. The molecule has 0 aromatic carbocycles. The van der Waals surface area contributed by atoms with Crippen LogP contribution in [0.15, 0.2) is 11.7 Å². The highest BCUT2D eigenvalue weighted by molar-refractivity contribution is 9.08. The van der Waals surface area contributed by atoms with E-state index in [0.717, 1.165) is 5.33 Å². The maximum atomic E-state index is 3.88. The van der Waals surface area contributed by atoms with E-state index >= 15 is 0 Å². The van der Waals surface area contributed by atoms with E-state index in [0.29, 0.717) is 0 Å². The molecule has 0 spiro atoms. The number of rotatable bonds is 1. The fourth-order valence-corrected chi connectivity index (χ4v) is 1.29. The molecular formula is C4H4BrNS. The van der Waals surface area contributed by atoms with Crippen LogP contribution in [-0.2, 0) is 5.33 Å². The van der Waals surface area contributed by atoms with Crippen molar-refractivity contribution in [1.82, 2.24) is 4.98 Å². The molecule has 38 valence electrons. The minimum atomic E-state index is 0.928. The third-order valence-electron chi connectivity index (χ3n) is 0.615. The highest BCUT2D eigenvalue weighted by Crippen LogP contribution is 2.08. The Kier molecular flexibility index (Phi) is 1.82. The lowest BCUT2D eigenvalue weighted by Crippen LogP contribution is -1.59. The lowest BCUT2D eigenvalue weighted by atomic mass is 10.7. The fraction of sp³-hybridized carbons (Fsp3) is 0.250. The minimum Gasteiger partial charge on any atom is -0.253 e. The molecule has 0 amide bonds. The second-order valence-electron chi connectivity index (χ2n) is 1.10. The third kappa shape index (κ3) is 1.24. The van der Waals surface area contributed by atoms with E-state index in [9.17, 15) is 0 Å². The van der Waals surface area contributed by atoms with E-state index in [2.05, 4.69) is 20.9 Å². The Morgan fingerprint density at radius 2 is 2.71 bits per heavy atom. The first kappa shape index (κ1) is 5.25. The van der Waals surface area contributed by atoms with Crippen molar-refractivity contribution in [3.8, 4) is 0 Å². The second kappa shape index (κ2) is 2.43. The Bertz CT molecular complexity index is 126. The van der Waals surface area contributed by atoms with Gasteiger partial charge < -0.3 is 0 Å². The van der Waals surface area contributed by atoms with Crippen LogP contribution in [0.4, 0.5) is 0 Å². The van der Waals surface area contributed by atoms with Crippen LogP contribution in [0, 0.1) is 0 Å². The first-order valence-electron chi connectivity index (χ1n) is 1.87. The van der Waals surface area contributed by atoms with E-state index in [-0.39, 0.29) is 0 Å². The molecule has 0 N–H and O–H groups in total. The van der Waals surface area contributed by atoms with Crippen LogP contribution in [0.3, 0.4) is 0 Å². The predicted molar refractivity (Wildman–Crippen MR) is 34.7 cm³/mol. The zero-order chi connectivity index (χ0) is 5.11. The number of aromatic nitrogens is 1. The summed E-state index contributed by atoms with van der Waals surface area (Å²) in [6.45, 7) is 0. The first-order chi connectivity index (χ1) is 3.43. The molecule has 3 heteroatoms. The topological polar surface area (TPSA) is 12.9 Å². The average molecular weight is 178 g/mol. The zero-order valence-electron chi connectivity index (χ0n) is 3.60. The molecule has 1 aromatic rings. The number of hydrogen-bond acceptors (Lipinski definition) is 2. The van der Waals surface area contributed by atoms with Gasteiger partial charge in [-0.25, -0.2) is 0 Å². The number of thiazole rings is 1. The van der Waals surface area contributed by atoms with Gasteiger partial charge in [-0.3, -0.25) is 4.98 Å². The Morgan fingerprint density at radius 3 is 3.00 bits per heavy atom. The van der Waals surface area contributed by atoms with Gasteiger partial charge in [0.15, 0.2) is 0 Å². The van der Waals surface area contributed by atoms with Crippen molar-refractivity contribution < 1.29 is 0 Å². The van der Waals surface area contributed by atoms with Gasteiger partial charge in [0, 0.05) is 16.4 Å². The second-order valence-corrected chi connectivity index (χ2v) is 2.63. The summed E-state index contributed by atoms with van der Waals surface area (Å²) in [5.41, 5.74) is 1.83. The van der Waals surface area contributed by atoms with Crippen LogP contribution in [0.1, 0.15) is 4.88 Å². The van der Waals surface area contributed by atoms with E-state index in [1.54, 1.807) is 11.3 Å². The summed E-state index contributed by atoms with van der Waals surface area (Å²) in [6.07, 6.45) is 1.86. The van der Waals surface area contributed by atoms with Crippen molar-refractivity contribution in [1.29, 1.82) is 0 Å². The monoisotopic (exact) mass is 177 g/mol. The van der Waals surface area contributed by atoms with Gasteiger partial charge in [-0.2, -0.15) is 0 Å². The SMILES string of the molecule is BrCc1cncs1. The fourth-order valence-electron chi connectivity index (χ4n) is 0.308. The summed E-state index contributed by atoms with van der Waals surface area (Å²) in [5.74, 6) is 0. The molecule has 1 aromatic heterocycles. The Balaban J connectivity index is 2.76. The summed E-state index contributed by atoms with van der Waals surface area (Å²) in [7, 11) is 0. The van der Waals surface area contributed by atoms with Crippen LogP contribution < -0.4 is 0 Å². The van der Waals surface area contributed by atoms with Crippen molar-refractivity contribution in [2.75, 3.05) is 0 Å². The maximum Gasteiger partial charge on any atom is 0.0794 e. The molecule has 0 bridgehead atoms. The number of alkyl halides is 1. The van der Waals surface area contributed by atoms with Crippen molar-refractivity contribution in [2.45, 2.75) is 5.33 Å². The normalized spacial score (nSPS) is 9.29. The average Bonchev–Trinajstić information content (AvgIpc) is 2.14. The van der Waals surface area contributed by atoms with Gasteiger partial charge in [0.05, 0.1) is 5.51 Å². The molecule has 0 aliphatic rings. The van der Waals surface area contributed by atoms with Gasteiger partial charge in [-0.05, 0) is 0 Å². The summed E-state index contributed by atoms with van der Waals surface area (Å²) in [5, 5.41) is 0.928. The van der Waals surface area contributed by atoms with Crippen molar-refractivity contribution >= 4 is 27.3 Å². The molecule has 0 saturated carbocycles. The largest absolute Gasteiger partial charge is 0.253 e. The molecule has 7 heavy (non-hydrogen) atoms. The van der Waals surface area contributed by atoms with E-state index in [1.165, 1.54) is 4.88 Å². The molecule has 0 fully saturated rings. The van der Waals surface area contributed by atoms with Crippen molar-refractivity contribution in [2.24, 2.45) is 0 Å². The highest BCUT2D eigenvalue weighted by atomic mass is 79.9. The molecule has 0 saturated heterocycles. The summed E-state index contributed by atoms with van der Waals surface area (Å²) < 4.78 is 0. The van der Waals surface area contributed by atoms with Crippen LogP contribution in [0.2, 0.25) is 0 Å². The van der Waals surface area contributed by atoms with Gasteiger partial charge in [-0.15, -0.1) is 11.3 Å². The number of halogens is 1. The van der Waals surface area contributed by atoms with Gasteiger partial charge >= 0.3 is 0 Å². The summed E-state index contributed by atoms with van der Waals surface area (Å²) >= 11 is 4.97. The molecule has 1 heterocycles. The quantitative estimate of drug-likeness (QED) is 0.599. The summed E-state index contributed by atoms with van der Waals surface area (Å²) in [6, 6.07) is 0. The maximum absolute atomic E-state index is 3.88. The van der Waals surface area contributed by atoms with E-state index in [1.807, 2.05) is 11.7 Å².